The summed E-state index contributed by atoms with van der Waals surface area (Å²) in [6.45, 7) is 1.61. The van der Waals surface area contributed by atoms with Crippen LogP contribution in [0.25, 0.3) is 0 Å². The average molecular weight is 447 g/mol. The van der Waals surface area contributed by atoms with Gasteiger partial charge in [0.25, 0.3) is 0 Å². The van der Waals surface area contributed by atoms with Crippen LogP contribution >= 0.6 is 11.3 Å². The molecule has 0 radical (unpaired) electrons. The van der Waals surface area contributed by atoms with Crippen molar-refractivity contribution in [2.45, 2.75) is 57.9 Å². The van der Waals surface area contributed by atoms with Gasteiger partial charge in [-0.05, 0) is 38.0 Å². The van der Waals surface area contributed by atoms with Gasteiger partial charge < -0.3 is 15.5 Å². The van der Waals surface area contributed by atoms with E-state index in [1.165, 1.54) is 40.9 Å². The summed E-state index contributed by atoms with van der Waals surface area (Å²) in [5.41, 5.74) is 1.09. The van der Waals surface area contributed by atoms with Crippen LogP contribution in [-0.4, -0.2) is 35.3 Å². The molecule has 7 nitrogen and oxygen atoms in total. The Morgan fingerprint density at radius 1 is 1.16 bits per heavy atom. The maximum absolute atomic E-state index is 13.8. The summed E-state index contributed by atoms with van der Waals surface area (Å²) in [4.78, 5) is 43.0. The van der Waals surface area contributed by atoms with Gasteiger partial charge in [0, 0.05) is 30.0 Å². The number of amides is 3. The van der Waals surface area contributed by atoms with Gasteiger partial charge in [-0.1, -0.05) is 25.3 Å². The number of nitrogens with zero attached hydrogens (tertiary/aromatic N) is 2. The number of aryl methyl sites for hydroxylation is 1. The predicted octanol–water partition coefficient (Wildman–Crippen LogP) is 3.79. The van der Waals surface area contributed by atoms with Gasteiger partial charge >= 0.3 is 0 Å². The predicted molar refractivity (Wildman–Crippen MR) is 118 cm³/mol. The molecule has 1 aromatic carbocycles. The van der Waals surface area contributed by atoms with Crippen LogP contribution in [0.15, 0.2) is 29.6 Å². The standard InChI is InChI=1S/C22H27FN4O3S/c1-15-14-31-22(24-15)26-19(28)10-11-21(30)27(18-9-5-6-16(23)12-18)13-20(29)25-17-7-3-2-4-8-17/h5-6,9,12,14,17H,2-4,7-8,10-11,13H2,1H3,(H,25,29)(H,24,26,28). The van der Waals surface area contributed by atoms with Crippen molar-refractivity contribution >= 4 is 39.9 Å². The molecule has 1 saturated carbocycles. The van der Waals surface area contributed by atoms with Gasteiger partial charge in [0.2, 0.25) is 17.7 Å². The summed E-state index contributed by atoms with van der Waals surface area (Å²) in [5, 5.41) is 7.93. The molecule has 0 atom stereocenters. The van der Waals surface area contributed by atoms with Crippen molar-refractivity contribution in [3.8, 4) is 0 Å². The topological polar surface area (TPSA) is 91.4 Å². The minimum Gasteiger partial charge on any atom is -0.352 e. The van der Waals surface area contributed by atoms with Crippen molar-refractivity contribution in [3.05, 3.63) is 41.2 Å². The number of aromatic nitrogens is 1. The van der Waals surface area contributed by atoms with Gasteiger partial charge in [0.15, 0.2) is 5.13 Å². The highest BCUT2D eigenvalue weighted by Gasteiger charge is 2.23. The van der Waals surface area contributed by atoms with Crippen molar-refractivity contribution < 1.29 is 18.8 Å². The molecule has 3 amide bonds. The Morgan fingerprint density at radius 2 is 1.94 bits per heavy atom. The highest BCUT2D eigenvalue weighted by Crippen LogP contribution is 2.20. The molecule has 2 aromatic rings. The summed E-state index contributed by atoms with van der Waals surface area (Å²) >= 11 is 1.31. The van der Waals surface area contributed by atoms with Crippen molar-refractivity contribution in [1.82, 2.24) is 10.3 Å². The Balaban J connectivity index is 1.61. The molecule has 1 heterocycles. The fraction of sp³-hybridized carbons (Fsp3) is 0.455. The second kappa shape index (κ2) is 11.0. The van der Waals surface area contributed by atoms with E-state index in [0.717, 1.165) is 31.4 Å². The number of hydrogen-bond donors (Lipinski definition) is 2. The molecule has 9 heteroatoms. The number of rotatable bonds is 8. The smallest absolute Gasteiger partial charge is 0.240 e. The fourth-order valence-electron chi connectivity index (χ4n) is 3.58. The van der Waals surface area contributed by atoms with E-state index >= 15 is 0 Å². The lowest BCUT2D eigenvalue weighted by Crippen LogP contribution is -2.45. The highest BCUT2D eigenvalue weighted by atomic mass is 32.1. The summed E-state index contributed by atoms with van der Waals surface area (Å²) < 4.78 is 13.8. The molecule has 0 aliphatic heterocycles. The largest absolute Gasteiger partial charge is 0.352 e. The van der Waals surface area contributed by atoms with E-state index in [-0.39, 0.29) is 37.2 Å². The second-order valence-corrected chi connectivity index (χ2v) is 8.56. The van der Waals surface area contributed by atoms with Crippen LogP contribution in [0.4, 0.5) is 15.2 Å². The van der Waals surface area contributed by atoms with Gasteiger partial charge in [0.05, 0.1) is 5.69 Å². The zero-order valence-electron chi connectivity index (χ0n) is 17.5. The molecule has 2 N–H and O–H groups in total. The Morgan fingerprint density at radius 3 is 2.61 bits per heavy atom. The third-order valence-electron chi connectivity index (χ3n) is 5.12. The third-order valence-corrected chi connectivity index (χ3v) is 6.00. The number of hydrogen-bond acceptors (Lipinski definition) is 5. The lowest BCUT2D eigenvalue weighted by molar-refractivity contribution is -0.125. The minimum absolute atomic E-state index is 0.0620. The number of carbonyl (C=O) groups is 3. The van der Waals surface area contributed by atoms with E-state index in [2.05, 4.69) is 15.6 Å². The molecular formula is C22H27FN4O3S. The zero-order valence-corrected chi connectivity index (χ0v) is 18.3. The normalized spacial score (nSPS) is 14.1. The lowest BCUT2D eigenvalue weighted by Gasteiger charge is -2.26. The van der Waals surface area contributed by atoms with Gasteiger partial charge in [-0.3, -0.25) is 14.4 Å². The van der Waals surface area contributed by atoms with Gasteiger partial charge in [0.1, 0.15) is 12.4 Å². The van der Waals surface area contributed by atoms with Crippen LogP contribution in [0, 0.1) is 12.7 Å². The van der Waals surface area contributed by atoms with E-state index in [4.69, 9.17) is 0 Å². The molecule has 31 heavy (non-hydrogen) atoms. The molecule has 0 bridgehead atoms. The van der Waals surface area contributed by atoms with Crippen molar-refractivity contribution in [1.29, 1.82) is 0 Å². The highest BCUT2D eigenvalue weighted by molar-refractivity contribution is 7.13. The SMILES string of the molecule is Cc1csc(NC(=O)CCC(=O)N(CC(=O)NC2CCCCC2)c2cccc(F)c2)n1. The van der Waals surface area contributed by atoms with Gasteiger partial charge in [-0.2, -0.15) is 0 Å². The Bertz CT molecular complexity index is 927. The maximum Gasteiger partial charge on any atom is 0.240 e. The molecule has 1 fully saturated rings. The molecule has 0 saturated heterocycles. The van der Waals surface area contributed by atoms with Crippen LogP contribution < -0.4 is 15.5 Å². The first-order valence-electron chi connectivity index (χ1n) is 10.5. The van der Waals surface area contributed by atoms with Crippen molar-refractivity contribution in [2.24, 2.45) is 0 Å². The number of benzene rings is 1. The van der Waals surface area contributed by atoms with E-state index in [0.29, 0.717) is 10.8 Å². The number of thiazole rings is 1. The Kier molecular flexibility index (Phi) is 8.11. The molecule has 1 aliphatic rings. The first-order valence-corrected chi connectivity index (χ1v) is 11.4. The summed E-state index contributed by atoms with van der Waals surface area (Å²) in [5.74, 6) is -1.55. The minimum atomic E-state index is -0.500. The molecule has 0 spiro atoms. The number of carbonyl (C=O) groups excluding carboxylic acids is 3. The van der Waals surface area contributed by atoms with Crippen LogP contribution in [-0.2, 0) is 14.4 Å². The second-order valence-electron chi connectivity index (χ2n) is 7.70. The monoisotopic (exact) mass is 446 g/mol. The maximum atomic E-state index is 13.8. The van der Waals surface area contributed by atoms with E-state index in [9.17, 15) is 18.8 Å². The van der Waals surface area contributed by atoms with E-state index in [1.807, 2.05) is 12.3 Å². The van der Waals surface area contributed by atoms with E-state index < -0.39 is 11.7 Å². The average Bonchev–Trinajstić information content (AvgIpc) is 3.15. The van der Waals surface area contributed by atoms with Crippen molar-refractivity contribution in [3.63, 3.8) is 0 Å². The Labute approximate surface area is 185 Å². The first kappa shape index (κ1) is 22.9. The van der Waals surface area contributed by atoms with Gasteiger partial charge in [-0.25, -0.2) is 9.37 Å². The lowest BCUT2D eigenvalue weighted by atomic mass is 9.95. The van der Waals surface area contributed by atoms with Crippen LogP contribution in [0.3, 0.4) is 0 Å². The quantitative estimate of drug-likeness (QED) is 0.645. The molecule has 3 rings (SSSR count). The van der Waals surface area contributed by atoms with Crippen molar-refractivity contribution in [2.75, 3.05) is 16.8 Å². The molecule has 166 valence electrons. The summed E-state index contributed by atoms with van der Waals surface area (Å²) in [7, 11) is 0. The summed E-state index contributed by atoms with van der Waals surface area (Å²) in [6.07, 6.45) is 5.00. The molecule has 1 aliphatic carbocycles. The van der Waals surface area contributed by atoms with Gasteiger partial charge in [-0.15, -0.1) is 11.3 Å². The first-order chi connectivity index (χ1) is 14.9. The van der Waals surface area contributed by atoms with E-state index in [1.54, 1.807) is 6.07 Å². The third kappa shape index (κ3) is 7.13. The Hall–Kier alpha value is -2.81. The van der Waals surface area contributed by atoms with Crippen LogP contribution in [0.2, 0.25) is 0 Å². The molecular weight excluding hydrogens is 419 g/mol. The number of halogens is 1. The van der Waals surface area contributed by atoms with Crippen LogP contribution in [0.1, 0.15) is 50.6 Å². The number of anilines is 2. The zero-order chi connectivity index (χ0) is 22.2. The summed E-state index contributed by atoms with van der Waals surface area (Å²) in [6, 6.07) is 5.66. The molecule has 1 aromatic heterocycles. The fourth-order valence-corrected chi connectivity index (χ4v) is 4.28. The number of nitrogens with one attached hydrogen (secondary N) is 2. The van der Waals surface area contributed by atoms with Crippen LogP contribution in [0.5, 0.6) is 0 Å². The molecule has 0 unspecified atom stereocenters.